The molecule has 4 fully saturated rings. The third kappa shape index (κ3) is 5.56. The van der Waals surface area contributed by atoms with Crippen molar-refractivity contribution < 1.29 is 4.79 Å². The molecule has 7 atom stereocenters. The zero-order valence-corrected chi connectivity index (χ0v) is 19.3. The molecule has 4 rings (SSSR count). The Morgan fingerprint density at radius 2 is 1.87 bits per heavy atom. The van der Waals surface area contributed by atoms with Crippen molar-refractivity contribution in [2.45, 2.75) is 89.4 Å². The van der Waals surface area contributed by atoms with Gasteiger partial charge in [0.05, 0.1) is 6.04 Å². The lowest BCUT2D eigenvalue weighted by atomic mass is 9.78. The van der Waals surface area contributed by atoms with Crippen molar-refractivity contribution in [3.8, 4) is 0 Å². The van der Waals surface area contributed by atoms with Crippen LogP contribution in [0.1, 0.15) is 65.2 Å². The molecule has 0 bridgehead atoms. The Morgan fingerprint density at radius 3 is 2.63 bits per heavy atom. The first-order valence-corrected chi connectivity index (χ1v) is 12.8. The second-order valence-corrected chi connectivity index (χ2v) is 10.6. The minimum absolute atomic E-state index is 0.00937. The summed E-state index contributed by atoms with van der Waals surface area (Å²) in [6, 6.07) is 1.22. The van der Waals surface area contributed by atoms with Crippen molar-refractivity contribution in [1.29, 1.82) is 0 Å². The minimum atomic E-state index is 0.00937. The predicted octanol–water partition coefficient (Wildman–Crippen LogP) is 1.71. The molecule has 3 saturated heterocycles. The molecule has 0 radical (unpaired) electrons. The van der Waals surface area contributed by atoms with Crippen LogP contribution in [-0.2, 0) is 4.79 Å². The molecule has 7 unspecified atom stereocenters. The number of hydrogen-bond acceptors (Lipinski definition) is 5. The highest BCUT2D eigenvalue weighted by Gasteiger charge is 2.42. The summed E-state index contributed by atoms with van der Waals surface area (Å²) < 4.78 is 0. The van der Waals surface area contributed by atoms with Gasteiger partial charge in [-0.25, -0.2) is 0 Å². The Hall–Kier alpha value is -0.690. The summed E-state index contributed by atoms with van der Waals surface area (Å²) in [5, 5.41) is 14.4. The van der Waals surface area contributed by atoms with E-state index in [1.165, 1.54) is 32.1 Å². The van der Waals surface area contributed by atoms with E-state index in [1.807, 2.05) is 0 Å². The highest BCUT2D eigenvalue weighted by Crippen LogP contribution is 2.36. The number of carbonyl (C=O) groups is 1. The summed E-state index contributed by atoms with van der Waals surface area (Å²) >= 11 is 0. The van der Waals surface area contributed by atoms with E-state index in [2.05, 4.69) is 40.0 Å². The van der Waals surface area contributed by atoms with E-state index >= 15 is 0 Å². The number of fused-ring (bicyclic) bond motifs is 1. The van der Waals surface area contributed by atoms with Crippen LogP contribution >= 0.6 is 0 Å². The van der Waals surface area contributed by atoms with Crippen LogP contribution in [0.4, 0.5) is 0 Å². The average molecular weight is 420 g/mol. The summed E-state index contributed by atoms with van der Waals surface area (Å²) in [5.74, 6) is 2.28. The van der Waals surface area contributed by atoms with Gasteiger partial charge >= 0.3 is 0 Å². The van der Waals surface area contributed by atoms with Gasteiger partial charge < -0.3 is 26.2 Å². The summed E-state index contributed by atoms with van der Waals surface area (Å²) in [7, 11) is 0. The SMILES string of the molecule is CC1CCCC2CC(C(=O)NC(CCCN3CCNCC3)C3NCCCC3C)NC12. The summed E-state index contributed by atoms with van der Waals surface area (Å²) in [6.07, 6.45) is 9.72. The van der Waals surface area contributed by atoms with E-state index in [1.54, 1.807) is 0 Å². The highest BCUT2D eigenvalue weighted by molar-refractivity contribution is 5.82. The Kier molecular flexibility index (Phi) is 8.07. The van der Waals surface area contributed by atoms with Crippen LogP contribution in [0.3, 0.4) is 0 Å². The van der Waals surface area contributed by atoms with Crippen molar-refractivity contribution in [2.24, 2.45) is 17.8 Å². The molecule has 172 valence electrons. The molecular weight excluding hydrogens is 374 g/mol. The third-order valence-corrected chi connectivity index (χ3v) is 8.39. The zero-order chi connectivity index (χ0) is 20.9. The standard InChI is InChI=1S/C24H45N5O/c1-17-6-3-8-19-16-21(27-22(17)19)24(30)28-20(23-18(2)7-4-10-26-23)9-5-13-29-14-11-25-12-15-29/h17-23,25-27H,3-16H2,1-2H3,(H,28,30). The van der Waals surface area contributed by atoms with Gasteiger partial charge in [0, 0.05) is 44.3 Å². The molecule has 1 amide bonds. The number of nitrogens with one attached hydrogen (secondary N) is 4. The van der Waals surface area contributed by atoms with Crippen LogP contribution in [0.5, 0.6) is 0 Å². The quantitative estimate of drug-likeness (QED) is 0.506. The van der Waals surface area contributed by atoms with E-state index in [9.17, 15) is 4.79 Å². The molecule has 6 heteroatoms. The average Bonchev–Trinajstić information content (AvgIpc) is 3.20. The topological polar surface area (TPSA) is 68.4 Å². The van der Waals surface area contributed by atoms with Gasteiger partial charge in [-0.15, -0.1) is 0 Å². The maximum atomic E-state index is 13.3. The van der Waals surface area contributed by atoms with Gasteiger partial charge in [0.1, 0.15) is 0 Å². The van der Waals surface area contributed by atoms with Crippen molar-refractivity contribution in [2.75, 3.05) is 39.3 Å². The van der Waals surface area contributed by atoms with Gasteiger partial charge in [-0.2, -0.15) is 0 Å². The first-order valence-electron chi connectivity index (χ1n) is 12.8. The Balaban J connectivity index is 1.33. The molecule has 30 heavy (non-hydrogen) atoms. The van der Waals surface area contributed by atoms with Crippen LogP contribution in [0, 0.1) is 17.8 Å². The Labute approximate surface area is 183 Å². The van der Waals surface area contributed by atoms with Crippen LogP contribution in [0.25, 0.3) is 0 Å². The molecular formula is C24H45N5O. The van der Waals surface area contributed by atoms with E-state index in [0.717, 1.165) is 58.5 Å². The lowest BCUT2D eigenvalue weighted by Crippen LogP contribution is -2.58. The Morgan fingerprint density at radius 1 is 1.07 bits per heavy atom. The molecule has 1 saturated carbocycles. The van der Waals surface area contributed by atoms with Crippen molar-refractivity contribution in [1.82, 2.24) is 26.2 Å². The van der Waals surface area contributed by atoms with Crippen LogP contribution < -0.4 is 21.3 Å². The van der Waals surface area contributed by atoms with Gasteiger partial charge in [0.25, 0.3) is 0 Å². The minimum Gasteiger partial charge on any atom is -0.350 e. The fourth-order valence-electron chi connectivity index (χ4n) is 6.58. The molecule has 0 aromatic carbocycles. The van der Waals surface area contributed by atoms with Gasteiger partial charge in [-0.3, -0.25) is 4.79 Å². The van der Waals surface area contributed by atoms with E-state index in [4.69, 9.17) is 0 Å². The second kappa shape index (κ2) is 10.8. The summed E-state index contributed by atoms with van der Waals surface area (Å²) in [4.78, 5) is 15.9. The lowest BCUT2D eigenvalue weighted by molar-refractivity contribution is -0.124. The number of amides is 1. The lowest BCUT2D eigenvalue weighted by Gasteiger charge is -2.38. The number of piperazine rings is 1. The Bertz CT molecular complexity index is 552. The maximum Gasteiger partial charge on any atom is 0.237 e. The molecule has 0 aromatic heterocycles. The zero-order valence-electron chi connectivity index (χ0n) is 19.3. The predicted molar refractivity (Wildman–Crippen MR) is 122 cm³/mol. The molecule has 6 nitrogen and oxygen atoms in total. The molecule has 0 spiro atoms. The fraction of sp³-hybridized carbons (Fsp3) is 0.958. The smallest absolute Gasteiger partial charge is 0.237 e. The summed E-state index contributed by atoms with van der Waals surface area (Å²) in [6.45, 7) is 11.5. The second-order valence-electron chi connectivity index (χ2n) is 10.6. The molecule has 4 N–H and O–H groups in total. The molecule has 4 aliphatic rings. The number of carbonyl (C=O) groups excluding carboxylic acids is 1. The molecule has 3 heterocycles. The van der Waals surface area contributed by atoms with Gasteiger partial charge in [-0.05, 0) is 75.8 Å². The van der Waals surface area contributed by atoms with E-state index < -0.39 is 0 Å². The van der Waals surface area contributed by atoms with E-state index in [-0.39, 0.29) is 18.0 Å². The van der Waals surface area contributed by atoms with Crippen LogP contribution in [0.15, 0.2) is 0 Å². The van der Waals surface area contributed by atoms with Gasteiger partial charge in [0.2, 0.25) is 5.91 Å². The van der Waals surface area contributed by atoms with Gasteiger partial charge in [0.15, 0.2) is 0 Å². The monoisotopic (exact) mass is 419 g/mol. The number of piperidine rings is 1. The van der Waals surface area contributed by atoms with Crippen molar-refractivity contribution in [3.63, 3.8) is 0 Å². The van der Waals surface area contributed by atoms with Crippen molar-refractivity contribution in [3.05, 3.63) is 0 Å². The molecule has 3 aliphatic heterocycles. The fourth-order valence-corrected chi connectivity index (χ4v) is 6.58. The van der Waals surface area contributed by atoms with E-state index in [0.29, 0.717) is 29.8 Å². The van der Waals surface area contributed by atoms with Gasteiger partial charge in [-0.1, -0.05) is 20.3 Å². The first kappa shape index (κ1) is 22.5. The van der Waals surface area contributed by atoms with Crippen LogP contribution in [0.2, 0.25) is 0 Å². The number of nitrogens with zero attached hydrogens (tertiary/aromatic N) is 1. The highest BCUT2D eigenvalue weighted by atomic mass is 16.2. The maximum absolute atomic E-state index is 13.3. The molecule has 1 aliphatic carbocycles. The summed E-state index contributed by atoms with van der Waals surface area (Å²) in [5.41, 5.74) is 0. The van der Waals surface area contributed by atoms with Crippen molar-refractivity contribution >= 4 is 5.91 Å². The normalized spacial score (nSPS) is 38.7. The molecule has 0 aromatic rings. The third-order valence-electron chi connectivity index (χ3n) is 8.39. The first-order chi connectivity index (χ1) is 14.6. The van der Waals surface area contributed by atoms with Crippen LogP contribution in [-0.4, -0.2) is 74.2 Å². The number of rotatable bonds is 7. The number of hydrogen-bond donors (Lipinski definition) is 4. The largest absolute Gasteiger partial charge is 0.350 e.